The van der Waals surface area contributed by atoms with Gasteiger partial charge in [-0.05, 0) is 24.6 Å². The lowest BCUT2D eigenvalue weighted by atomic mass is 10.2. The van der Waals surface area contributed by atoms with Crippen LogP contribution in [0, 0.1) is 0 Å². The van der Waals surface area contributed by atoms with Gasteiger partial charge in [-0.15, -0.1) is 0 Å². The van der Waals surface area contributed by atoms with Crippen molar-refractivity contribution in [2.45, 2.75) is 13.5 Å². The van der Waals surface area contributed by atoms with Gasteiger partial charge in [0.15, 0.2) is 0 Å². The van der Waals surface area contributed by atoms with Gasteiger partial charge in [0.25, 0.3) is 0 Å². The van der Waals surface area contributed by atoms with Crippen LogP contribution in [-0.2, 0) is 26.2 Å². The fourth-order valence-corrected chi connectivity index (χ4v) is 3.54. The number of carboxylic acids is 2. The Kier molecular flexibility index (Phi) is 8.30. The molecule has 0 aliphatic carbocycles. The minimum atomic E-state index is -3.04. The summed E-state index contributed by atoms with van der Waals surface area (Å²) in [4.78, 5) is 20.5. The molecule has 0 radical (unpaired) electrons. The van der Waals surface area contributed by atoms with E-state index < -0.39 is 22.0 Å². The molecule has 0 aromatic heterocycles. The van der Waals surface area contributed by atoms with Gasteiger partial charge in [0.05, 0.1) is 5.75 Å². The number of benzene rings is 1. The molecule has 2 N–H and O–H groups in total. The second-order valence-electron chi connectivity index (χ2n) is 5.32. The molecule has 1 aromatic carbocycles. The van der Waals surface area contributed by atoms with Gasteiger partial charge in [-0.2, -0.15) is 4.31 Å². The van der Waals surface area contributed by atoms with Crippen LogP contribution >= 0.6 is 11.6 Å². The fourth-order valence-electron chi connectivity index (χ4n) is 2.24. The van der Waals surface area contributed by atoms with Crippen LogP contribution < -0.4 is 0 Å². The molecule has 0 amide bonds. The molecule has 0 saturated carbocycles. The lowest BCUT2D eigenvalue weighted by Crippen LogP contribution is -2.48. The lowest BCUT2D eigenvalue weighted by molar-refractivity contribution is -0.159. The molecule has 1 aliphatic rings. The Labute approximate surface area is 151 Å². The highest BCUT2D eigenvalue weighted by Crippen LogP contribution is 2.15. The maximum absolute atomic E-state index is 11.8. The van der Waals surface area contributed by atoms with E-state index in [1.54, 1.807) is 11.2 Å². The summed E-state index contributed by atoms with van der Waals surface area (Å²) in [5.74, 6) is -3.47. The highest BCUT2D eigenvalue weighted by molar-refractivity contribution is 7.89. The van der Waals surface area contributed by atoms with Crippen molar-refractivity contribution in [3.05, 3.63) is 34.9 Å². The van der Waals surface area contributed by atoms with Gasteiger partial charge >= 0.3 is 11.9 Å². The molecular formula is C15H21ClN2O6S. The zero-order valence-corrected chi connectivity index (χ0v) is 15.3. The average molecular weight is 393 g/mol. The van der Waals surface area contributed by atoms with Crippen LogP contribution in [0.2, 0.25) is 5.02 Å². The smallest absolute Gasteiger partial charge is 0.414 e. The predicted octanol–water partition coefficient (Wildman–Crippen LogP) is 0.963. The molecule has 1 saturated heterocycles. The van der Waals surface area contributed by atoms with E-state index in [0.29, 0.717) is 13.1 Å². The first-order valence-electron chi connectivity index (χ1n) is 7.56. The molecule has 0 bridgehead atoms. The van der Waals surface area contributed by atoms with Gasteiger partial charge in [0, 0.05) is 37.7 Å². The van der Waals surface area contributed by atoms with E-state index in [9.17, 15) is 8.42 Å². The Bertz CT molecular complexity index is 690. The van der Waals surface area contributed by atoms with E-state index in [-0.39, 0.29) is 5.75 Å². The van der Waals surface area contributed by atoms with Gasteiger partial charge in [-0.3, -0.25) is 4.90 Å². The molecule has 0 unspecified atom stereocenters. The van der Waals surface area contributed by atoms with Crippen LogP contribution in [0.5, 0.6) is 0 Å². The predicted molar refractivity (Wildman–Crippen MR) is 93.0 cm³/mol. The Balaban J connectivity index is 0.000000450. The molecule has 0 spiro atoms. The van der Waals surface area contributed by atoms with E-state index in [1.165, 1.54) is 5.56 Å². The van der Waals surface area contributed by atoms with Crippen molar-refractivity contribution in [2.24, 2.45) is 0 Å². The van der Waals surface area contributed by atoms with Crippen molar-refractivity contribution in [3.8, 4) is 0 Å². The maximum Gasteiger partial charge on any atom is 0.414 e. The summed E-state index contributed by atoms with van der Waals surface area (Å²) in [5.41, 5.74) is 1.17. The molecule has 1 heterocycles. The van der Waals surface area contributed by atoms with Crippen molar-refractivity contribution in [3.63, 3.8) is 0 Å². The molecule has 1 fully saturated rings. The zero-order chi connectivity index (χ0) is 19.0. The summed E-state index contributed by atoms with van der Waals surface area (Å²) in [6, 6.07) is 7.80. The first kappa shape index (κ1) is 21.4. The third-order valence-electron chi connectivity index (χ3n) is 3.57. The molecule has 1 aromatic rings. The second kappa shape index (κ2) is 9.71. The van der Waals surface area contributed by atoms with Crippen LogP contribution in [0.4, 0.5) is 0 Å². The Morgan fingerprint density at radius 2 is 1.68 bits per heavy atom. The molecule has 8 nitrogen and oxygen atoms in total. The van der Waals surface area contributed by atoms with Crippen LogP contribution in [-0.4, -0.2) is 71.7 Å². The zero-order valence-electron chi connectivity index (χ0n) is 13.8. The van der Waals surface area contributed by atoms with Crippen molar-refractivity contribution >= 4 is 33.6 Å². The number of halogens is 1. The van der Waals surface area contributed by atoms with Gasteiger partial charge in [-0.1, -0.05) is 23.7 Å². The quantitative estimate of drug-likeness (QED) is 0.733. The number of sulfonamides is 1. The summed E-state index contributed by atoms with van der Waals surface area (Å²) >= 11 is 5.96. The minimum Gasteiger partial charge on any atom is -0.473 e. The third-order valence-corrected chi connectivity index (χ3v) is 5.68. The number of piperazine rings is 1. The van der Waals surface area contributed by atoms with Crippen LogP contribution in [0.3, 0.4) is 0 Å². The van der Waals surface area contributed by atoms with E-state index in [2.05, 4.69) is 4.90 Å². The normalized spacial score (nSPS) is 15.9. The number of aliphatic carboxylic acids is 2. The lowest BCUT2D eigenvalue weighted by Gasteiger charge is -2.33. The molecule has 0 atom stereocenters. The molecular weight excluding hydrogens is 372 g/mol. The van der Waals surface area contributed by atoms with Crippen molar-refractivity contribution < 1.29 is 28.2 Å². The van der Waals surface area contributed by atoms with E-state index >= 15 is 0 Å². The number of hydrogen-bond acceptors (Lipinski definition) is 5. The summed E-state index contributed by atoms with van der Waals surface area (Å²) in [5, 5.41) is 15.5. The molecule has 10 heteroatoms. The SMILES string of the molecule is CCS(=O)(=O)N1CCN(Cc2cccc(Cl)c2)CC1.O=C(O)C(=O)O. The largest absolute Gasteiger partial charge is 0.473 e. The first-order valence-corrected chi connectivity index (χ1v) is 9.55. The fraction of sp³-hybridized carbons (Fsp3) is 0.467. The molecule has 1 aliphatic heterocycles. The summed E-state index contributed by atoms with van der Waals surface area (Å²) < 4.78 is 25.1. The minimum absolute atomic E-state index is 0.182. The monoisotopic (exact) mass is 392 g/mol. The Hall–Kier alpha value is -1.68. The maximum atomic E-state index is 11.8. The van der Waals surface area contributed by atoms with E-state index in [1.807, 2.05) is 24.3 Å². The van der Waals surface area contributed by atoms with Crippen molar-refractivity contribution in [1.29, 1.82) is 0 Å². The van der Waals surface area contributed by atoms with Gasteiger partial charge in [-0.25, -0.2) is 18.0 Å². The Morgan fingerprint density at radius 1 is 1.12 bits per heavy atom. The van der Waals surface area contributed by atoms with Crippen molar-refractivity contribution in [1.82, 2.24) is 9.21 Å². The molecule has 25 heavy (non-hydrogen) atoms. The van der Waals surface area contributed by atoms with Crippen LogP contribution in [0.15, 0.2) is 24.3 Å². The molecule has 140 valence electrons. The number of hydrogen-bond donors (Lipinski definition) is 2. The Morgan fingerprint density at radius 3 is 2.12 bits per heavy atom. The van der Waals surface area contributed by atoms with E-state index in [4.69, 9.17) is 31.4 Å². The average Bonchev–Trinajstić information content (AvgIpc) is 2.56. The van der Waals surface area contributed by atoms with Crippen molar-refractivity contribution in [2.75, 3.05) is 31.9 Å². The number of nitrogens with zero attached hydrogens (tertiary/aromatic N) is 2. The van der Waals surface area contributed by atoms with Crippen LogP contribution in [0.1, 0.15) is 12.5 Å². The molecule has 2 rings (SSSR count). The highest BCUT2D eigenvalue weighted by Gasteiger charge is 2.25. The summed E-state index contributed by atoms with van der Waals surface area (Å²) in [6.07, 6.45) is 0. The number of rotatable bonds is 4. The standard InChI is InChI=1S/C13H19ClN2O2S.C2H2O4/c1-2-19(17,18)16-8-6-15(7-9-16)11-12-4-3-5-13(14)10-12;3-1(4)2(5)6/h3-5,10H,2,6-9,11H2,1H3;(H,3,4)(H,5,6). The summed E-state index contributed by atoms with van der Waals surface area (Å²) in [7, 11) is -3.04. The highest BCUT2D eigenvalue weighted by atomic mass is 35.5. The number of carbonyl (C=O) groups is 2. The second-order valence-corrected chi connectivity index (χ2v) is 8.01. The third kappa shape index (κ3) is 7.39. The first-order chi connectivity index (χ1) is 11.7. The van der Waals surface area contributed by atoms with Gasteiger partial charge in [0.1, 0.15) is 0 Å². The topological polar surface area (TPSA) is 115 Å². The van der Waals surface area contributed by atoms with Gasteiger partial charge in [0.2, 0.25) is 10.0 Å². The van der Waals surface area contributed by atoms with E-state index in [0.717, 1.165) is 24.7 Å². The number of carboxylic acid groups (broad SMARTS) is 2. The van der Waals surface area contributed by atoms with Gasteiger partial charge < -0.3 is 10.2 Å². The van der Waals surface area contributed by atoms with Crippen LogP contribution in [0.25, 0.3) is 0 Å². The summed E-state index contributed by atoms with van der Waals surface area (Å²) in [6.45, 7) is 5.21.